The number of hydrogen-bond donors (Lipinski definition) is 2. The second-order valence-electron chi connectivity index (χ2n) is 6.48. The van der Waals surface area contributed by atoms with Gasteiger partial charge in [-0.2, -0.15) is 13.2 Å². The van der Waals surface area contributed by atoms with Crippen molar-refractivity contribution in [2.75, 3.05) is 5.73 Å². The van der Waals surface area contributed by atoms with Gasteiger partial charge in [0.2, 0.25) is 5.91 Å². The van der Waals surface area contributed by atoms with Crippen LogP contribution in [0.15, 0.2) is 48.5 Å². The lowest BCUT2D eigenvalue weighted by atomic mass is 9.71. The van der Waals surface area contributed by atoms with Crippen LogP contribution in [-0.4, -0.2) is 5.91 Å². The van der Waals surface area contributed by atoms with Crippen molar-refractivity contribution in [2.24, 2.45) is 0 Å². The van der Waals surface area contributed by atoms with Gasteiger partial charge >= 0.3 is 6.18 Å². The van der Waals surface area contributed by atoms with Gasteiger partial charge in [0.05, 0.1) is 17.5 Å². The SMILES string of the molecule is Nc1ccc(CC(=O)NC2(c3cccc(C(F)(F)F)c3)CCC2)cc1. The molecule has 0 aliphatic heterocycles. The quantitative estimate of drug-likeness (QED) is 0.820. The molecule has 0 radical (unpaired) electrons. The number of hydrogen-bond acceptors (Lipinski definition) is 2. The Balaban J connectivity index is 1.77. The van der Waals surface area contributed by atoms with Crippen molar-refractivity contribution in [1.29, 1.82) is 0 Å². The van der Waals surface area contributed by atoms with Crippen LogP contribution in [0.2, 0.25) is 0 Å². The number of benzene rings is 2. The molecule has 132 valence electrons. The Labute approximate surface area is 144 Å². The van der Waals surface area contributed by atoms with Gasteiger partial charge in [-0.1, -0.05) is 24.3 Å². The summed E-state index contributed by atoms with van der Waals surface area (Å²) in [7, 11) is 0. The van der Waals surface area contributed by atoms with E-state index in [1.165, 1.54) is 6.07 Å². The summed E-state index contributed by atoms with van der Waals surface area (Å²) >= 11 is 0. The van der Waals surface area contributed by atoms with E-state index in [-0.39, 0.29) is 12.3 Å². The molecule has 0 atom stereocenters. The Morgan fingerprint density at radius 3 is 2.36 bits per heavy atom. The van der Waals surface area contributed by atoms with E-state index in [9.17, 15) is 18.0 Å². The highest BCUT2D eigenvalue weighted by atomic mass is 19.4. The van der Waals surface area contributed by atoms with Crippen LogP contribution in [0, 0.1) is 0 Å². The maximum Gasteiger partial charge on any atom is 0.416 e. The molecule has 25 heavy (non-hydrogen) atoms. The van der Waals surface area contributed by atoms with Crippen LogP contribution in [0.4, 0.5) is 18.9 Å². The van der Waals surface area contributed by atoms with E-state index < -0.39 is 17.3 Å². The number of nitrogen functional groups attached to an aromatic ring is 1. The van der Waals surface area contributed by atoms with E-state index in [0.717, 1.165) is 24.1 Å². The Morgan fingerprint density at radius 1 is 1.12 bits per heavy atom. The fraction of sp³-hybridized carbons (Fsp3) is 0.316. The van der Waals surface area contributed by atoms with E-state index in [4.69, 9.17) is 5.73 Å². The highest BCUT2D eigenvalue weighted by Gasteiger charge is 2.41. The molecule has 2 aromatic carbocycles. The lowest BCUT2D eigenvalue weighted by Gasteiger charge is -2.43. The van der Waals surface area contributed by atoms with Gasteiger partial charge in [-0.05, 0) is 54.7 Å². The summed E-state index contributed by atoms with van der Waals surface area (Å²) in [4.78, 5) is 12.4. The van der Waals surface area contributed by atoms with Crippen molar-refractivity contribution >= 4 is 11.6 Å². The van der Waals surface area contributed by atoms with Crippen LogP contribution in [0.1, 0.15) is 36.0 Å². The molecule has 2 aromatic rings. The highest BCUT2D eigenvalue weighted by Crippen LogP contribution is 2.43. The number of rotatable bonds is 4. The summed E-state index contributed by atoms with van der Waals surface area (Å²) in [6.07, 6.45) is -2.07. The van der Waals surface area contributed by atoms with Gasteiger partial charge in [0.15, 0.2) is 0 Å². The van der Waals surface area contributed by atoms with Crippen LogP contribution in [0.5, 0.6) is 0 Å². The van der Waals surface area contributed by atoms with Crippen molar-refractivity contribution in [3.8, 4) is 0 Å². The number of halogens is 3. The lowest BCUT2D eigenvalue weighted by molar-refractivity contribution is -0.137. The smallest absolute Gasteiger partial charge is 0.399 e. The molecule has 1 amide bonds. The second-order valence-corrected chi connectivity index (χ2v) is 6.48. The molecule has 1 fully saturated rings. The molecular formula is C19H19F3N2O. The molecule has 3 rings (SSSR count). The molecular weight excluding hydrogens is 329 g/mol. The highest BCUT2D eigenvalue weighted by molar-refractivity contribution is 5.80. The topological polar surface area (TPSA) is 55.1 Å². The number of alkyl halides is 3. The van der Waals surface area contributed by atoms with E-state index in [0.29, 0.717) is 24.1 Å². The third kappa shape index (κ3) is 3.78. The van der Waals surface area contributed by atoms with Crippen molar-refractivity contribution in [3.05, 3.63) is 65.2 Å². The number of amides is 1. The van der Waals surface area contributed by atoms with Crippen LogP contribution >= 0.6 is 0 Å². The Morgan fingerprint density at radius 2 is 1.80 bits per heavy atom. The molecule has 0 spiro atoms. The Bertz CT molecular complexity index is 765. The molecule has 0 saturated heterocycles. The number of nitrogens with two attached hydrogens (primary N) is 1. The molecule has 0 heterocycles. The number of carbonyl (C=O) groups excluding carboxylic acids is 1. The zero-order chi connectivity index (χ0) is 18.1. The standard InChI is InChI=1S/C19H19F3N2O/c20-19(21,22)15-4-1-3-14(12-15)18(9-2-10-18)24-17(25)11-13-5-7-16(23)8-6-13/h1,3-8,12H,2,9-11,23H2,(H,24,25). The molecule has 3 nitrogen and oxygen atoms in total. The third-order valence-electron chi connectivity index (χ3n) is 4.67. The average molecular weight is 348 g/mol. The first-order chi connectivity index (χ1) is 11.8. The summed E-state index contributed by atoms with van der Waals surface area (Å²) in [6.45, 7) is 0. The van der Waals surface area contributed by atoms with Gasteiger partial charge in [-0.3, -0.25) is 4.79 Å². The van der Waals surface area contributed by atoms with Gasteiger partial charge in [0.25, 0.3) is 0 Å². The minimum Gasteiger partial charge on any atom is -0.399 e. The van der Waals surface area contributed by atoms with Crippen LogP contribution in [0.25, 0.3) is 0 Å². The van der Waals surface area contributed by atoms with Crippen LogP contribution in [-0.2, 0) is 22.9 Å². The lowest BCUT2D eigenvalue weighted by Crippen LogP contribution is -2.51. The number of anilines is 1. The maximum atomic E-state index is 13.0. The Hall–Kier alpha value is -2.50. The summed E-state index contributed by atoms with van der Waals surface area (Å²) in [5.41, 5.74) is 6.17. The molecule has 0 aromatic heterocycles. The first-order valence-electron chi connectivity index (χ1n) is 8.12. The minimum atomic E-state index is -4.39. The molecule has 3 N–H and O–H groups in total. The molecule has 0 unspecified atom stereocenters. The van der Waals surface area contributed by atoms with E-state index in [1.807, 2.05) is 0 Å². The zero-order valence-corrected chi connectivity index (χ0v) is 13.6. The van der Waals surface area contributed by atoms with Crippen molar-refractivity contribution in [3.63, 3.8) is 0 Å². The minimum absolute atomic E-state index is 0.168. The van der Waals surface area contributed by atoms with Crippen LogP contribution < -0.4 is 11.1 Å². The van der Waals surface area contributed by atoms with Crippen molar-refractivity contribution in [1.82, 2.24) is 5.32 Å². The summed E-state index contributed by atoms with van der Waals surface area (Å²) in [5.74, 6) is -0.207. The van der Waals surface area contributed by atoms with Crippen LogP contribution in [0.3, 0.4) is 0 Å². The summed E-state index contributed by atoms with van der Waals surface area (Å²) < 4.78 is 38.9. The normalized spacial score (nSPS) is 16.1. The van der Waals surface area contributed by atoms with E-state index >= 15 is 0 Å². The predicted molar refractivity (Wildman–Crippen MR) is 89.7 cm³/mol. The molecule has 6 heteroatoms. The summed E-state index contributed by atoms with van der Waals surface area (Å²) in [6, 6.07) is 12.2. The fourth-order valence-corrected chi connectivity index (χ4v) is 3.14. The number of carbonyl (C=O) groups is 1. The largest absolute Gasteiger partial charge is 0.416 e. The van der Waals surface area contributed by atoms with Gasteiger partial charge in [0.1, 0.15) is 0 Å². The van der Waals surface area contributed by atoms with Gasteiger partial charge < -0.3 is 11.1 Å². The number of nitrogens with one attached hydrogen (secondary N) is 1. The van der Waals surface area contributed by atoms with Crippen molar-refractivity contribution < 1.29 is 18.0 Å². The monoisotopic (exact) mass is 348 g/mol. The Kier molecular flexibility index (Phi) is 4.45. The molecule has 0 bridgehead atoms. The maximum absolute atomic E-state index is 13.0. The zero-order valence-electron chi connectivity index (χ0n) is 13.6. The molecule has 1 aliphatic rings. The van der Waals surface area contributed by atoms with Gasteiger partial charge in [-0.25, -0.2) is 0 Å². The summed E-state index contributed by atoms with van der Waals surface area (Å²) in [5, 5.41) is 2.95. The first kappa shape index (κ1) is 17.3. The third-order valence-corrected chi connectivity index (χ3v) is 4.67. The van der Waals surface area contributed by atoms with E-state index in [1.54, 1.807) is 30.3 Å². The molecule has 1 saturated carbocycles. The fourth-order valence-electron chi connectivity index (χ4n) is 3.14. The first-order valence-corrected chi connectivity index (χ1v) is 8.12. The second kappa shape index (κ2) is 6.43. The van der Waals surface area contributed by atoms with E-state index in [2.05, 4.69) is 5.32 Å². The average Bonchev–Trinajstić information content (AvgIpc) is 2.52. The predicted octanol–water partition coefficient (Wildman–Crippen LogP) is 4.03. The molecule has 1 aliphatic carbocycles. The van der Waals surface area contributed by atoms with Gasteiger partial charge in [-0.15, -0.1) is 0 Å². The van der Waals surface area contributed by atoms with Crippen molar-refractivity contribution in [2.45, 2.75) is 37.4 Å². The van der Waals surface area contributed by atoms with Gasteiger partial charge in [0, 0.05) is 5.69 Å².